The molecule has 0 bridgehead atoms. The SMILES string of the molecule is CC(=O)C(Cl)c1cc(CCl)ccc1C=CC(=O)O. The Labute approximate surface area is 115 Å². The second kappa shape index (κ2) is 6.57. The van der Waals surface area contributed by atoms with Crippen LogP contribution in [0, 0.1) is 0 Å². The van der Waals surface area contributed by atoms with E-state index in [2.05, 4.69) is 0 Å². The molecule has 0 radical (unpaired) electrons. The van der Waals surface area contributed by atoms with Gasteiger partial charge in [-0.2, -0.15) is 0 Å². The number of alkyl halides is 2. The highest BCUT2D eigenvalue weighted by molar-refractivity contribution is 6.31. The predicted molar refractivity (Wildman–Crippen MR) is 71.9 cm³/mol. The van der Waals surface area contributed by atoms with E-state index in [1.807, 2.05) is 0 Å². The fourth-order valence-corrected chi connectivity index (χ4v) is 1.81. The average Bonchev–Trinajstić information content (AvgIpc) is 2.35. The van der Waals surface area contributed by atoms with Gasteiger partial charge in [0.25, 0.3) is 0 Å². The van der Waals surface area contributed by atoms with Gasteiger partial charge in [0.05, 0.1) is 0 Å². The number of hydrogen-bond donors (Lipinski definition) is 1. The Morgan fingerprint density at radius 3 is 2.61 bits per heavy atom. The molecule has 0 aliphatic heterocycles. The van der Waals surface area contributed by atoms with Gasteiger partial charge in [-0.15, -0.1) is 23.2 Å². The molecule has 0 saturated heterocycles. The van der Waals surface area contributed by atoms with Crippen molar-refractivity contribution in [1.82, 2.24) is 0 Å². The summed E-state index contributed by atoms with van der Waals surface area (Å²) >= 11 is 11.7. The van der Waals surface area contributed by atoms with Crippen molar-refractivity contribution in [3.63, 3.8) is 0 Å². The van der Waals surface area contributed by atoms with E-state index in [9.17, 15) is 9.59 Å². The van der Waals surface area contributed by atoms with Gasteiger partial charge in [-0.05, 0) is 29.7 Å². The van der Waals surface area contributed by atoms with E-state index in [4.69, 9.17) is 28.3 Å². The molecule has 0 aliphatic rings. The molecular formula is C13H12Cl2O3. The first-order valence-electron chi connectivity index (χ1n) is 5.20. The normalized spacial score (nSPS) is 12.6. The molecule has 1 N–H and O–H groups in total. The molecule has 0 aliphatic carbocycles. The maximum atomic E-state index is 11.3. The lowest BCUT2D eigenvalue weighted by atomic mass is 9.99. The summed E-state index contributed by atoms with van der Waals surface area (Å²) in [4.78, 5) is 21.8. The van der Waals surface area contributed by atoms with E-state index < -0.39 is 11.3 Å². The maximum Gasteiger partial charge on any atom is 0.328 e. The third-order valence-corrected chi connectivity index (χ3v) is 3.19. The number of rotatable bonds is 5. The lowest BCUT2D eigenvalue weighted by Crippen LogP contribution is -2.04. The predicted octanol–water partition coefficient (Wildman–Crippen LogP) is 3.39. The Morgan fingerprint density at radius 1 is 1.44 bits per heavy atom. The number of halogens is 2. The largest absolute Gasteiger partial charge is 0.478 e. The average molecular weight is 287 g/mol. The van der Waals surface area contributed by atoms with Crippen LogP contribution in [-0.2, 0) is 15.5 Å². The first-order chi connectivity index (χ1) is 8.45. The van der Waals surface area contributed by atoms with E-state index in [1.54, 1.807) is 18.2 Å². The quantitative estimate of drug-likeness (QED) is 0.667. The minimum atomic E-state index is -1.06. The number of Topliss-reactive ketones (excluding diaryl/α,β-unsaturated/α-hetero) is 1. The van der Waals surface area contributed by atoms with Gasteiger partial charge in [-0.1, -0.05) is 18.2 Å². The van der Waals surface area contributed by atoms with Crippen LogP contribution >= 0.6 is 23.2 Å². The van der Waals surface area contributed by atoms with Gasteiger partial charge in [0, 0.05) is 12.0 Å². The first-order valence-corrected chi connectivity index (χ1v) is 6.17. The fraction of sp³-hybridized carbons (Fsp3) is 0.231. The molecule has 0 amide bonds. The van der Waals surface area contributed by atoms with Crippen LogP contribution in [0.4, 0.5) is 0 Å². The van der Waals surface area contributed by atoms with Crippen molar-refractivity contribution in [3.05, 3.63) is 41.0 Å². The molecule has 3 nitrogen and oxygen atoms in total. The topological polar surface area (TPSA) is 54.4 Å². The van der Waals surface area contributed by atoms with E-state index in [0.717, 1.165) is 11.6 Å². The Bertz CT molecular complexity index is 495. The van der Waals surface area contributed by atoms with Crippen molar-refractivity contribution in [2.45, 2.75) is 18.2 Å². The third-order valence-electron chi connectivity index (χ3n) is 2.34. The van der Waals surface area contributed by atoms with Crippen LogP contribution < -0.4 is 0 Å². The summed E-state index contributed by atoms with van der Waals surface area (Å²) in [6.45, 7) is 1.38. The van der Waals surface area contributed by atoms with Crippen molar-refractivity contribution >= 4 is 41.0 Å². The van der Waals surface area contributed by atoms with Crippen LogP contribution in [0.3, 0.4) is 0 Å². The number of carbonyl (C=O) groups is 2. The number of benzene rings is 1. The van der Waals surface area contributed by atoms with Crippen molar-refractivity contribution in [1.29, 1.82) is 0 Å². The van der Waals surface area contributed by atoms with Crippen LogP contribution in [0.2, 0.25) is 0 Å². The number of carbonyl (C=O) groups excluding carboxylic acids is 1. The lowest BCUT2D eigenvalue weighted by Gasteiger charge is -2.11. The summed E-state index contributed by atoms with van der Waals surface area (Å²) in [5, 5.41) is 7.80. The van der Waals surface area contributed by atoms with Crippen LogP contribution in [0.25, 0.3) is 6.08 Å². The third kappa shape index (κ3) is 3.86. The van der Waals surface area contributed by atoms with Crippen LogP contribution in [0.1, 0.15) is 29.0 Å². The van der Waals surface area contributed by atoms with Gasteiger partial charge in [-0.3, -0.25) is 4.79 Å². The summed E-state index contributed by atoms with van der Waals surface area (Å²) in [5.74, 6) is -0.957. The number of carboxylic acid groups (broad SMARTS) is 1. The summed E-state index contributed by atoms with van der Waals surface area (Å²) in [6.07, 6.45) is 2.41. The van der Waals surface area contributed by atoms with Crippen LogP contribution in [0.15, 0.2) is 24.3 Å². The van der Waals surface area contributed by atoms with E-state index >= 15 is 0 Å². The molecule has 0 fully saturated rings. The molecule has 18 heavy (non-hydrogen) atoms. The molecule has 96 valence electrons. The monoisotopic (exact) mass is 286 g/mol. The van der Waals surface area contributed by atoms with Gasteiger partial charge in [-0.25, -0.2) is 4.79 Å². The zero-order valence-electron chi connectivity index (χ0n) is 9.69. The summed E-state index contributed by atoms with van der Waals surface area (Å²) < 4.78 is 0. The number of ketones is 1. The number of hydrogen-bond acceptors (Lipinski definition) is 2. The molecule has 1 aromatic carbocycles. The van der Waals surface area contributed by atoms with Gasteiger partial charge < -0.3 is 5.11 Å². The first kappa shape index (κ1) is 14.7. The molecule has 0 heterocycles. The Balaban J connectivity index is 3.24. The summed E-state index contributed by atoms with van der Waals surface area (Å²) in [5.41, 5.74) is 1.99. The van der Waals surface area contributed by atoms with Gasteiger partial charge in [0.2, 0.25) is 0 Å². The second-order valence-electron chi connectivity index (χ2n) is 3.74. The number of carboxylic acids is 1. The van der Waals surface area contributed by atoms with Crippen LogP contribution in [0.5, 0.6) is 0 Å². The highest BCUT2D eigenvalue weighted by Crippen LogP contribution is 2.27. The van der Waals surface area contributed by atoms with Crippen molar-refractivity contribution < 1.29 is 14.7 Å². The molecule has 5 heteroatoms. The maximum absolute atomic E-state index is 11.3. The lowest BCUT2D eigenvalue weighted by molar-refractivity contribution is -0.131. The van der Waals surface area contributed by atoms with Gasteiger partial charge in [0.1, 0.15) is 5.38 Å². The zero-order valence-corrected chi connectivity index (χ0v) is 11.2. The molecule has 0 saturated carbocycles. The smallest absolute Gasteiger partial charge is 0.328 e. The molecular weight excluding hydrogens is 275 g/mol. The van der Waals surface area contributed by atoms with Crippen molar-refractivity contribution in [3.8, 4) is 0 Å². The minimum Gasteiger partial charge on any atom is -0.478 e. The molecule has 1 atom stereocenters. The van der Waals surface area contributed by atoms with E-state index in [-0.39, 0.29) is 5.78 Å². The molecule has 1 unspecified atom stereocenters. The summed E-state index contributed by atoms with van der Waals surface area (Å²) in [7, 11) is 0. The van der Waals surface area contributed by atoms with Crippen LogP contribution in [-0.4, -0.2) is 16.9 Å². The van der Waals surface area contributed by atoms with E-state index in [1.165, 1.54) is 13.0 Å². The Morgan fingerprint density at radius 2 is 2.11 bits per heavy atom. The molecule has 1 rings (SSSR count). The highest BCUT2D eigenvalue weighted by atomic mass is 35.5. The van der Waals surface area contributed by atoms with Crippen molar-refractivity contribution in [2.24, 2.45) is 0 Å². The van der Waals surface area contributed by atoms with Crippen molar-refractivity contribution in [2.75, 3.05) is 0 Å². The zero-order chi connectivity index (χ0) is 13.7. The molecule has 1 aromatic rings. The minimum absolute atomic E-state index is 0.201. The summed E-state index contributed by atoms with van der Waals surface area (Å²) in [6, 6.07) is 5.18. The fourth-order valence-electron chi connectivity index (χ4n) is 1.46. The van der Waals surface area contributed by atoms with Gasteiger partial charge in [0.15, 0.2) is 5.78 Å². The van der Waals surface area contributed by atoms with Gasteiger partial charge >= 0.3 is 5.97 Å². The standard InChI is InChI=1S/C13H12Cl2O3/c1-8(16)13(15)11-6-9(7-14)2-3-10(11)4-5-12(17)18/h2-6,13H,7H2,1H3,(H,17,18). The second-order valence-corrected chi connectivity index (χ2v) is 4.45. The number of aliphatic carboxylic acids is 1. The van der Waals surface area contributed by atoms with E-state index in [0.29, 0.717) is 17.0 Å². The highest BCUT2D eigenvalue weighted by Gasteiger charge is 2.16. The Kier molecular flexibility index (Phi) is 5.38. The molecule has 0 spiro atoms. The Hall–Kier alpha value is -1.32. The molecule has 0 aromatic heterocycles.